The smallest absolute Gasteiger partial charge is 0.301 e. The topological polar surface area (TPSA) is 116 Å². The highest BCUT2D eigenvalue weighted by molar-refractivity contribution is 6.99. The van der Waals surface area contributed by atoms with E-state index in [1.165, 1.54) is 6.33 Å². The van der Waals surface area contributed by atoms with Crippen LogP contribution in [0.25, 0.3) is 11.2 Å². The number of anilines is 1. The van der Waals surface area contributed by atoms with Crippen molar-refractivity contribution in [1.29, 1.82) is 0 Å². The lowest BCUT2D eigenvalue weighted by Gasteiger charge is -2.62. The van der Waals surface area contributed by atoms with Crippen molar-refractivity contribution in [3.63, 3.8) is 0 Å². The highest BCUT2D eigenvalue weighted by atomic mass is 28.4. The lowest BCUT2D eigenvalue weighted by molar-refractivity contribution is -0.195. The SMILES string of the molecule is C#CCOc1nc2c(N)ncnc2n1[C@@H]1O[C@]([SiH3])(C(OC(C)(C)C)([Si](C)(C)C)[Si](C)(C)C)[C@@H](OC(C)(C)C)[C@H]1OC(C)(C)C. The van der Waals surface area contributed by atoms with Crippen molar-refractivity contribution < 1.29 is 23.7 Å². The Kier molecular flexibility index (Phi) is 9.81. The van der Waals surface area contributed by atoms with Gasteiger partial charge >= 0.3 is 6.01 Å². The van der Waals surface area contributed by atoms with Gasteiger partial charge < -0.3 is 29.4 Å². The number of nitrogens with zero attached hydrogens (tertiary/aromatic N) is 4. The first-order chi connectivity index (χ1) is 19.7. The first-order valence-corrected chi connectivity index (χ1v) is 23.5. The number of hydrogen-bond donors (Lipinski definition) is 1. The van der Waals surface area contributed by atoms with E-state index in [0.717, 1.165) is 0 Å². The van der Waals surface area contributed by atoms with E-state index in [9.17, 15) is 0 Å². The fourth-order valence-electron chi connectivity index (χ4n) is 7.24. The van der Waals surface area contributed by atoms with Crippen LogP contribution in [0, 0.1) is 12.3 Å². The molecule has 0 unspecified atom stereocenters. The molecule has 0 aromatic carbocycles. The van der Waals surface area contributed by atoms with Gasteiger partial charge in [-0.1, -0.05) is 45.2 Å². The minimum atomic E-state index is -2.25. The molecule has 0 radical (unpaired) electrons. The van der Waals surface area contributed by atoms with Crippen molar-refractivity contribution in [3.8, 4) is 18.4 Å². The van der Waals surface area contributed by atoms with Crippen LogP contribution in [0.15, 0.2) is 6.33 Å². The number of ether oxygens (including phenoxy) is 5. The van der Waals surface area contributed by atoms with Crippen LogP contribution < -0.4 is 10.5 Å². The van der Waals surface area contributed by atoms with Crippen LogP contribution in [0.1, 0.15) is 68.5 Å². The third-order valence-electron chi connectivity index (χ3n) is 7.74. The van der Waals surface area contributed by atoms with Gasteiger partial charge in [-0.2, -0.15) is 4.98 Å². The first-order valence-electron chi connectivity index (χ1n) is 15.5. The van der Waals surface area contributed by atoms with E-state index in [1.807, 2.05) is 25.3 Å². The Balaban J connectivity index is 2.52. The summed E-state index contributed by atoms with van der Waals surface area (Å²) in [6.07, 6.45) is 5.19. The molecule has 0 aliphatic carbocycles. The van der Waals surface area contributed by atoms with E-state index in [-0.39, 0.29) is 18.4 Å². The second-order valence-corrected chi connectivity index (χ2v) is 29.4. The number of aromatic nitrogens is 4. The molecule has 3 heterocycles. The Morgan fingerprint density at radius 2 is 1.50 bits per heavy atom. The molecule has 1 aliphatic rings. The van der Waals surface area contributed by atoms with E-state index in [4.69, 9.17) is 40.8 Å². The largest absolute Gasteiger partial charge is 0.451 e. The molecule has 0 amide bonds. The van der Waals surface area contributed by atoms with Gasteiger partial charge in [0, 0.05) is 10.2 Å². The summed E-state index contributed by atoms with van der Waals surface area (Å²) < 4.78 is 37.1. The quantitative estimate of drug-likeness (QED) is 0.302. The third kappa shape index (κ3) is 6.96. The summed E-state index contributed by atoms with van der Waals surface area (Å²) in [5.74, 6) is 2.78. The van der Waals surface area contributed by atoms with Gasteiger partial charge in [-0.05, 0) is 62.3 Å². The minimum Gasteiger partial charge on any atom is -0.451 e. The Morgan fingerprint density at radius 3 is 1.95 bits per heavy atom. The van der Waals surface area contributed by atoms with E-state index in [2.05, 4.69) is 96.7 Å². The molecule has 248 valence electrons. The fraction of sp³-hybridized carbons (Fsp3) is 0.774. The fourth-order valence-corrected chi connectivity index (χ4v) is 26.1. The first kappa shape index (κ1) is 36.7. The van der Waals surface area contributed by atoms with Gasteiger partial charge in [-0.3, -0.25) is 0 Å². The maximum atomic E-state index is 7.59. The van der Waals surface area contributed by atoms with Crippen LogP contribution in [0.2, 0.25) is 39.3 Å². The molecule has 0 spiro atoms. The molecule has 1 saturated heterocycles. The molecule has 0 saturated carbocycles. The standard InChI is InChI=1S/C31H57N5O5Si3/c1-17-18-37-26-35-20-23(32)33-19-34-24(20)36(26)25-21(38-27(2,3)4)22(39-28(5,6)7)30(42,40-25)31(43(11,12)13,44(14,15)16)41-29(8,9)10/h1,19,21-22,25H,18H2,2-16,42H3,(H2,32,33,34)/t21-,22+,25-,30-/m1/s1. The second-order valence-electron chi connectivity index (χ2n) is 17.0. The lowest BCUT2D eigenvalue weighted by atomic mass is 10.0. The van der Waals surface area contributed by atoms with Crippen molar-refractivity contribution in [2.45, 2.75) is 147 Å². The summed E-state index contributed by atoms with van der Waals surface area (Å²) >= 11 is 0. The zero-order chi connectivity index (χ0) is 33.9. The predicted molar refractivity (Wildman–Crippen MR) is 186 cm³/mol. The summed E-state index contributed by atoms with van der Waals surface area (Å²) in [6.45, 7) is 33.1. The summed E-state index contributed by atoms with van der Waals surface area (Å²) in [7, 11) is -3.92. The lowest BCUT2D eigenvalue weighted by Crippen LogP contribution is -2.83. The van der Waals surface area contributed by atoms with Gasteiger partial charge in [0.15, 0.2) is 29.8 Å². The van der Waals surface area contributed by atoms with Crippen LogP contribution in [-0.4, -0.2) is 91.6 Å². The highest BCUT2D eigenvalue weighted by Gasteiger charge is 2.74. The average Bonchev–Trinajstić information content (AvgIpc) is 3.29. The Hall–Kier alpha value is -1.80. The van der Waals surface area contributed by atoms with Crippen LogP contribution in [-0.2, 0) is 18.9 Å². The van der Waals surface area contributed by atoms with E-state index in [0.29, 0.717) is 21.4 Å². The maximum Gasteiger partial charge on any atom is 0.301 e. The average molecular weight is 664 g/mol. The minimum absolute atomic E-state index is 0.00297. The zero-order valence-electron chi connectivity index (χ0n) is 30.0. The monoisotopic (exact) mass is 663 g/mol. The molecule has 4 atom stereocenters. The summed E-state index contributed by atoms with van der Waals surface area (Å²) in [5.41, 5.74) is 5.67. The molecule has 10 nitrogen and oxygen atoms in total. The van der Waals surface area contributed by atoms with E-state index in [1.54, 1.807) is 0 Å². The van der Waals surface area contributed by atoms with Crippen LogP contribution in [0.4, 0.5) is 5.82 Å². The maximum absolute atomic E-state index is 7.59. The number of imidazole rings is 1. The molecule has 2 N–H and O–H groups in total. The van der Waals surface area contributed by atoms with E-state index < -0.39 is 61.5 Å². The highest BCUT2D eigenvalue weighted by Crippen LogP contribution is 2.56. The van der Waals surface area contributed by atoms with Crippen molar-refractivity contribution >= 4 is 43.4 Å². The molecule has 2 aromatic heterocycles. The van der Waals surface area contributed by atoms with Gasteiger partial charge in [-0.25, -0.2) is 14.5 Å². The van der Waals surface area contributed by atoms with Gasteiger partial charge in [0.1, 0.15) is 23.8 Å². The van der Waals surface area contributed by atoms with Gasteiger partial charge in [0.2, 0.25) is 0 Å². The van der Waals surface area contributed by atoms with E-state index >= 15 is 0 Å². The molecule has 1 aliphatic heterocycles. The van der Waals surface area contributed by atoms with Crippen LogP contribution >= 0.6 is 0 Å². The molecule has 13 heteroatoms. The number of rotatable bonds is 9. The molecular weight excluding hydrogens is 607 g/mol. The van der Waals surface area contributed by atoms with Crippen LogP contribution in [0.3, 0.4) is 0 Å². The van der Waals surface area contributed by atoms with Gasteiger partial charge in [-0.15, -0.1) is 6.42 Å². The van der Waals surface area contributed by atoms with Crippen molar-refractivity contribution in [2.24, 2.45) is 0 Å². The van der Waals surface area contributed by atoms with Crippen molar-refractivity contribution in [3.05, 3.63) is 6.33 Å². The summed E-state index contributed by atoms with van der Waals surface area (Å²) in [5, 5.41) is -0.846. The Morgan fingerprint density at radius 1 is 0.955 bits per heavy atom. The zero-order valence-corrected chi connectivity index (χ0v) is 34.0. The molecule has 1 fully saturated rings. The molecule has 0 bridgehead atoms. The third-order valence-corrected chi connectivity index (χ3v) is 20.2. The normalized spacial score (nSPS) is 24.2. The number of hydrogen-bond acceptors (Lipinski definition) is 9. The predicted octanol–water partition coefficient (Wildman–Crippen LogP) is 4.69. The van der Waals surface area contributed by atoms with Gasteiger partial charge in [0.25, 0.3) is 0 Å². The summed E-state index contributed by atoms with van der Waals surface area (Å²) in [4.78, 5) is 12.9. The van der Waals surface area contributed by atoms with Crippen LogP contribution in [0.5, 0.6) is 6.01 Å². The van der Waals surface area contributed by atoms with Crippen molar-refractivity contribution in [1.82, 2.24) is 19.5 Å². The Bertz CT molecular complexity index is 1360. The van der Waals surface area contributed by atoms with Gasteiger partial charge in [0.05, 0.1) is 37.8 Å². The number of nitrogens with two attached hydrogens (primary N) is 1. The van der Waals surface area contributed by atoms with Crippen molar-refractivity contribution in [2.75, 3.05) is 12.3 Å². The molecule has 44 heavy (non-hydrogen) atoms. The number of fused-ring (bicyclic) bond motifs is 1. The number of nitrogen functional groups attached to an aromatic ring is 1. The molecule has 2 aromatic rings. The second kappa shape index (κ2) is 11.8. The molecule has 3 rings (SSSR count). The Labute approximate surface area is 270 Å². The number of terminal acetylenes is 1. The molecular formula is C31H57N5O5Si3. The summed E-state index contributed by atoms with van der Waals surface area (Å²) in [6, 6.07) is 0.237.